The molecular formula is C23H33N3O6. The monoisotopic (exact) mass is 447 g/mol. The Hall–Kier alpha value is -2.94. The van der Waals surface area contributed by atoms with E-state index in [1.165, 1.54) is 12.1 Å². The third-order valence-electron chi connectivity index (χ3n) is 5.26. The van der Waals surface area contributed by atoms with Crippen molar-refractivity contribution < 1.29 is 23.8 Å². The number of carbonyl (C=O) groups excluding carboxylic acids is 1. The fourth-order valence-corrected chi connectivity index (χ4v) is 3.73. The van der Waals surface area contributed by atoms with Crippen LogP contribution < -0.4 is 20.6 Å². The summed E-state index contributed by atoms with van der Waals surface area (Å²) in [6.07, 6.45) is -0.959. The molecular weight excluding hydrogens is 414 g/mol. The van der Waals surface area contributed by atoms with Gasteiger partial charge in [0.05, 0.1) is 11.9 Å². The molecule has 0 bridgehead atoms. The van der Waals surface area contributed by atoms with Crippen LogP contribution in [-0.2, 0) is 4.74 Å². The summed E-state index contributed by atoms with van der Waals surface area (Å²) >= 11 is 0. The third-order valence-corrected chi connectivity index (χ3v) is 5.26. The van der Waals surface area contributed by atoms with Crippen LogP contribution in [0.3, 0.4) is 0 Å². The molecule has 32 heavy (non-hydrogen) atoms. The van der Waals surface area contributed by atoms with Gasteiger partial charge in [0.1, 0.15) is 34.5 Å². The predicted molar refractivity (Wildman–Crippen MR) is 123 cm³/mol. The number of benzene rings is 1. The number of carbonyl (C=O) groups is 1. The van der Waals surface area contributed by atoms with Gasteiger partial charge in [-0.1, -0.05) is 0 Å². The Morgan fingerprint density at radius 2 is 1.91 bits per heavy atom. The Morgan fingerprint density at radius 3 is 2.53 bits per heavy atom. The maximum absolute atomic E-state index is 12.8. The standard InChI is InChI=1S/C23H33N3O6/c1-14(13-24-22(29)32-23(3,4)5)30-17-11-16(27)12-18-19(17)15(2)20(21(28)31-18)26-9-7-25(6)8-10-26/h11-12,14,27H,7-10,13H2,1-6H3,(H,24,29). The summed E-state index contributed by atoms with van der Waals surface area (Å²) in [5.74, 6) is 0.310. The molecule has 9 nitrogen and oxygen atoms in total. The first-order chi connectivity index (χ1) is 14.9. The summed E-state index contributed by atoms with van der Waals surface area (Å²) in [5, 5.41) is 13.5. The number of likely N-dealkylation sites (N-methyl/N-ethyl adjacent to an activating group) is 1. The first kappa shape index (κ1) is 23.7. The van der Waals surface area contributed by atoms with Crippen molar-refractivity contribution in [1.29, 1.82) is 0 Å². The number of hydrogen-bond donors (Lipinski definition) is 2. The smallest absolute Gasteiger partial charge is 0.407 e. The largest absolute Gasteiger partial charge is 0.508 e. The van der Waals surface area contributed by atoms with Crippen LogP contribution in [0, 0.1) is 6.92 Å². The highest BCUT2D eigenvalue weighted by atomic mass is 16.6. The molecule has 1 saturated heterocycles. The average molecular weight is 448 g/mol. The van der Waals surface area contributed by atoms with Gasteiger partial charge in [-0.15, -0.1) is 0 Å². The number of aromatic hydroxyl groups is 1. The number of hydrogen-bond acceptors (Lipinski definition) is 8. The van der Waals surface area contributed by atoms with Gasteiger partial charge in [0.2, 0.25) is 0 Å². The van der Waals surface area contributed by atoms with Crippen molar-refractivity contribution in [2.75, 3.05) is 44.7 Å². The number of rotatable bonds is 5. The molecule has 3 rings (SSSR count). The molecule has 1 unspecified atom stereocenters. The number of phenolic OH excluding ortho intramolecular Hbond substituents is 1. The second-order valence-electron chi connectivity index (χ2n) is 9.28. The van der Waals surface area contributed by atoms with Crippen LogP contribution in [0.4, 0.5) is 10.5 Å². The number of aryl methyl sites for hydroxylation is 1. The Balaban J connectivity index is 1.87. The van der Waals surface area contributed by atoms with Gasteiger partial charge in [-0.05, 0) is 47.2 Å². The number of amides is 1. The van der Waals surface area contributed by atoms with Crippen molar-refractivity contribution in [2.24, 2.45) is 0 Å². The molecule has 1 aromatic heterocycles. The molecule has 1 atom stereocenters. The summed E-state index contributed by atoms with van der Waals surface area (Å²) in [6, 6.07) is 2.90. The third kappa shape index (κ3) is 5.64. The molecule has 2 aromatic rings. The molecule has 0 spiro atoms. The number of alkyl carbamates (subject to hydrolysis) is 1. The van der Waals surface area contributed by atoms with E-state index in [1.54, 1.807) is 27.7 Å². The van der Waals surface area contributed by atoms with Crippen molar-refractivity contribution >= 4 is 22.7 Å². The zero-order chi connectivity index (χ0) is 23.6. The van der Waals surface area contributed by atoms with Crippen LogP contribution in [0.15, 0.2) is 21.3 Å². The molecule has 176 valence electrons. The molecule has 1 amide bonds. The molecule has 0 radical (unpaired) electrons. The summed E-state index contributed by atoms with van der Waals surface area (Å²) in [6.45, 7) is 12.4. The Bertz CT molecular complexity index is 1030. The zero-order valence-electron chi connectivity index (χ0n) is 19.7. The lowest BCUT2D eigenvalue weighted by atomic mass is 10.1. The van der Waals surface area contributed by atoms with E-state index in [1.807, 2.05) is 11.8 Å². The lowest BCUT2D eigenvalue weighted by Crippen LogP contribution is -2.46. The number of fused-ring (bicyclic) bond motifs is 1. The summed E-state index contributed by atoms with van der Waals surface area (Å²) < 4.78 is 16.9. The SMILES string of the molecule is Cc1c(N2CCN(C)CC2)c(=O)oc2cc(O)cc(OC(C)CNC(=O)OC(C)(C)C)c12. The van der Waals surface area contributed by atoms with Crippen molar-refractivity contribution in [2.45, 2.75) is 46.3 Å². The van der Waals surface area contributed by atoms with Crippen LogP contribution in [-0.4, -0.2) is 67.6 Å². The number of nitrogens with zero attached hydrogens (tertiary/aromatic N) is 2. The number of anilines is 1. The zero-order valence-corrected chi connectivity index (χ0v) is 19.7. The van der Waals surface area contributed by atoms with E-state index in [2.05, 4.69) is 17.3 Å². The summed E-state index contributed by atoms with van der Waals surface area (Å²) in [4.78, 5) is 28.9. The van der Waals surface area contributed by atoms with Gasteiger partial charge in [-0.2, -0.15) is 0 Å². The molecule has 1 fully saturated rings. The minimum atomic E-state index is -0.593. The lowest BCUT2D eigenvalue weighted by Gasteiger charge is -2.34. The van der Waals surface area contributed by atoms with E-state index in [-0.39, 0.29) is 17.9 Å². The van der Waals surface area contributed by atoms with Crippen molar-refractivity contribution in [3.63, 3.8) is 0 Å². The number of piperazine rings is 1. The van der Waals surface area contributed by atoms with Gasteiger partial charge < -0.3 is 34.1 Å². The van der Waals surface area contributed by atoms with E-state index < -0.39 is 23.4 Å². The molecule has 1 aliphatic heterocycles. The minimum absolute atomic E-state index is 0.0744. The second-order valence-corrected chi connectivity index (χ2v) is 9.28. The molecule has 0 aliphatic carbocycles. The maximum Gasteiger partial charge on any atom is 0.407 e. The Morgan fingerprint density at radius 1 is 1.25 bits per heavy atom. The highest BCUT2D eigenvalue weighted by Crippen LogP contribution is 2.36. The minimum Gasteiger partial charge on any atom is -0.508 e. The summed E-state index contributed by atoms with van der Waals surface area (Å²) in [5.41, 5.74) is 0.483. The van der Waals surface area contributed by atoms with Crippen molar-refractivity contribution in [3.05, 3.63) is 28.1 Å². The second kappa shape index (κ2) is 9.28. The van der Waals surface area contributed by atoms with Gasteiger partial charge in [-0.3, -0.25) is 0 Å². The molecule has 2 N–H and O–H groups in total. The first-order valence-electron chi connectivity index (χ1n) is 10.8. The molecule has 2 heterocycles. The van der Waals surface area contributed by atoms with Crippen LogP contribution in [0.2, 0.25) is 0 Å². The maximum atomic E-state index is 12.8. The molecule has 1 aromatic carbocycles. The van der Waals surface area contributed by atoms with E-state index in [0.717, 1.165) is 31.7 Å². The van der Waals surface area contributed by atoms with Crippen molar-refractivity contribution in [1.82, 2.24) is 10.2 Å². The van der Waals surface area contributed by atoms with E-state index in [0.29, 0.717) is 16.8 Å². The van der Waals surface area contributed by atoms with Gasteiger partial charge in [-0.25, -0.2) is 9.59 Å². The normalized spacial score (nSPS) is 16.1. The summed E-state index contributed by atoms with van der Waals surface area (Å²) in [7, 11) is 2.05. The van der Waals surface area contributed by atoms with Crippen LogP contribution in [0.25, 0.3) is 11.0 Å². The van der Waals surface area contributed by atoms with Crippen LogP contribution in [0.1, 0.15) is 33.3 Å². The van der Waals surface area contributed by atoms with Gasteiger partial charge in [0, 0.05) is 38.3 Å². The highest BCUT2D eigenvalue weighted by Gasteiger charge is 2.24. The molecule has 1 aliphatic rings. The average Bonchev–Trinajstić information content (AvgIpc) is 2.66. The lowest BCUT2D eigenvalue weighted by molar-refractivity contribution is 0.0505. The quantitative estimate of drug-likeness (QED) is 0.675. The Labute approximate surface area is 187 Å². The van der Waals surface area contributed by atoms with E-state index in [9.17, 15) is 14.7 Å². The molecule has 9 heteroatoms. The number of phenols is 1. The first-order valence-corrected chi connectivity index (χ1v) is 10.8. The van der Waals surface area contributed by atoms with E-state index >= 15 is 0 Å². The van der Waals surface area contributed by atoms with Crippen LogP contribution in [0.5, 0.6) is 11.5 Å². The number of nitrogens with one attached hydrogen (secondary N) is 1. The van der Waals surface area contributed by atoms with Crippen LogP contribution >= 0.6 is 0 Å². The highest BCUT2D eigenvalue weighted by molar-refractivity contribution is 5.91. The van der Waals surface area contributed by atoms with E-state index in [4.69, 9.17) is 13.9 Å². The fraction of sp³-hybridized carbons (Fsp3) is 0.565. The fourth-order valence-electron chi connectivity index (χ4n) is 3.73. The van der Waals surface area contributed by atoms with Crippen molar-refractivity contribution in [3.8, 4) is 11.5 Å². The topological polar surface area (TPSA) is 104 Å². The number of ether oxygens (including phenoxy) is 2. The van der Waals surface area contributed by atoms with Gasteiger partial charge >= 0.3 is 11.7 Å². The predicted octanol–water partition coefficient (Wildman–Crippen LogP) is 2.85. The Kier molecular flexibility index (Phi) is 6.88. The molecule has 0 saturated carbocycles. The van der Waals surface area contributed by atoms with Gasteiger partial charge in [0.25, 0.3) is 0 Å². The van der Waals surface area contributed by atoms with Gasteiger partial charge in [0.15, 0.2) is 0 Å².